The zero-order valence-corrected chi connectivity index (χ0v) is 13.0. The van der Waals surface area contributed by atoms with Crippen LogP contribution in [0.15, 0.2) is 30.2 Å². The second kappa shape index (κ2) is 5.28. The molecule has 0 amide bonds. The highest BCUT2D eigenvalue weighted by Gasteiger charge is 2.50. The third kappa shape index (κ3) is 3.17. The van der Waals surface area contributed by atoms with Gasteiger partial charge in [-0.05, 0) is 52.3 Å². The molecule has 0 N–H and O–H groups in total. The number of hydrogen-bond acceptors (Lipinski definition) is 4. The van der Waals surface area contributed by atoms with Crippen LogP contribution in [0.25, 0.3) is 5.57 Å². The molecule has 112 valence electrons. The van der Waals surface area contributed by atoms with Crippen LogP contribution in [0.1, 0.15) is 40.2 Å². The molecule has 0 atom stereocenters. The zero-order chi connectivity index (χ0) is 15.8. The number of rotatable bonds is 3. The van der Waals surface area contributed by atoms with E-state index in [4.69, 9.17) is 9.31 Å². The van der Waals surface area contributed by atoms with Gasteiger partial charge in [0, 0.05) is 12.1 Å². The minimum Gasteiger partial charge on any atom is -0.400 e. The predicted octanol–water partition coefficient (Wildman–Crippen LogP) is 3.63. The normalized spacial score (nSPS) is 20.6. The standard InChI is InChI=1S/C15H20BNO4/c1-11(12-6-8-13(9-7-12)17(18)19)10-16-20-14(2,3)15(4,5)21-16/h6-10H,1-5H3/b11-10-. The van der Waals surface area contributed by atoms with Gasteiger partial charge in [0.1, 0.15) is 0 Å². The second-order valence-electron chi connectivity index (χ2n) is 6.28. The highest BCUT2D eigenvalue weighted by Crippen LogP contribution is 2.37. The molecule has 2 rings (SSSR count). The molecular weight excluding hydrogens is 269 g/mol. The van der Waals surface area contributed by atoms with Gasteiger partial charge in [-0.15, -0.1) is 0 Å². The quantitative estimate of drug-likeness (QED) is 0.484. The molecule has 6 heteroatoms. The van der Waals surface area contributed by atoms with Gasteiger partial charge >= 0.3 is 7.12 Å². The molecule has 0 saturated carbocycles. The molecule has 1 saturated heterocycles. The van der Waals surface area contributed by atoms with E-state index in [9.17, 15) is 10.1 Å². The number of benzene rings is 1. The highest BCUT2D eigenvalue weighted by molar-refractivity contribution is 6.53. The average molecular weight is 289 g/mol. The fraction of sp³-hybridized carbons (Fsp3) is 0.467. The number of nitro groups is 1. The van der Waals surface area contributed by atoms with Crippen molar-refractivity contribution in [2.24, 2.45) is 0 Å². The number of nitro benzene ring substituents is 1. The van der Waals surface area contributed by atoms with E-state index < -0.39 is 12.0 Å². The van der Waals surface area contributed by atoms with Gasteiger partial charge in [0.2, 0.25) is 0 Å². The van der Waals surface area contributed by atoms with E-state index in [1.807, 2.05) is 40.6 Å². The molecule has 0 aromatic heterocycles. The summed E-state index contributed by atoms with van der Waals surface area (Å²) in [5.41, 5.74) is 1.22. The molecule has 5 nitrogen and oxygen atoms in total. The van der Waals surface area contributed by atoms with Crippen molar-refractivity contribution in [1.82, 2.24) is 0 Å². The zero-order valence-electron chi connectivity index (χ0n) is 13.0. The molecule has 0 unspecified atom stereocenters. The van der Waals surface area contributed by atoms with Crippen LogP contribution in [-0.2, 0) is 9.31 Å². The van der Waals surface area contributed by atoms with Crippen molar-refractivity contribution in [2.45, 2.75) is 45.8 Å². The lowest BCUT2D eigenvalue weighted by Crippen LogP contribution is -2.41. The van der Waals surface area contributed by atoms with Crippen LogP contribution >= 0.6 is 0 Å². The van der Waals surface area contributed by atoms with Crippen molar-refractivity contribution < 1.29 is 14.2 Å². The van der Waals surface area contributed by atoms with E-state index in [0.717, 1.165) is 11.1 Å². The summed E-state index contributed by atoms with van der Waals surface area (Å²) in [5, 5.41) is 10.7. The monoisotopic (exact) mass is 289 g/mol. The topological polar surface area (TPSA) is 61.6 Å². The number of nitrogens with zero attached hydrogens (tertiary/aromatic N) is 1. The third-order valence-corrected chi connectivity index (χ3v) is 4.19. The molecular formula is C15H20BNO4. The van der Waals surface area contributed by atoms with Crippen molar-refractivity contribution >= 4 is 18.4 Å². The second-order valence-corrected chi connectivity index (χ2v) is 6.28. The lowest BCUT2D eigenvalue weighted by molar-refractivity contribution is -0.384. The summed E-state index contributed by atoms with van der Waals surface area (Å²) < 4.78 is 11.8. The number of non-ortho nitro benzene ring substituents is 1. The van der Waals surface area contributed by atoms with E-state index in [1.54, 1.807) is 12.1 Å². The van der Waals surface area contributed by atoms with Crippen molar-refractivity contribution in [3.8, 4) is 0 Å². The van der Waals surface area contributed by atoms with Gasteiger partial charge in [-0.2, -0.15) is 0 Å². The summed E-state index contributed by atoms with van der Waals surface area (Å²) >= 11 is 0. The van der Waals surface area contributed by atoms with E-state index in [-0.39, 0.29) is 16.9 Å². The first-order valence-electron chi connectivity index (χ1n) is 6.91. The Labute approximate surface area is 125 Å². The fourth-order valence-electron chi connectivity index (χ4n) is 2.10. The molecule has 1 aliphatic heterocycles. The maximum absolute atomic E-state index is 10.7. The lowest BCUT2D eigenvalue weighted by atomic mass is 9.85. The van der Waals surface area contributed by atoms with Crippen LogP contribution in [0.4, 0.5) is 5.69 Å². The fourth-order valence-corrected chi connectivity index (χ4v) is 2.10. The maximum Gasteiger partial charge on any atom is 0.487 e. The van der Waals surface area contributed by atoms with Crippen molar-refractivity contribution in [3.05, 3.63) is 45.9 Å². The van der Waals surface area contributed by atoms with E-state index in [2.05, 4.69) is 0 Å². The van der Waals surface area contributed by atoms with Crippen LogP contribution in [0.5, 0.6) is 0 Å². The molecule has 1 heterocycles. The Kier molecular flexibility index (Phi) is 3.95. The van der Waals surface area contributed by atoms with Gasteiger partial charge in [0.15, 0.2) is 0 Å². The first-order chi connectivity index (χ1) is 9.62. The molecule has 1 fully saturated rings. The van der Waals surface area contributed by atoms with Crippen LogP contribution in [-0.4, -0.2) is 23.2 Å². The molecule has 0 spiro atoms. The Morgan fingerprint density at radius 3 is 2.05 bits per heavy atom. The third-order valence-electron chi connectivity index (χ3n) is 4.19. The van der Waals surface area contributed by atoms with Crippen LogP contribution in [0.3, 0.4) is 0 Å². The minimum absolute atomic E-state index is 0.0854. The van der Waals surface area contributed by atoms with Gasteiger partial charge in [-0.25, -0.2) is 0 Å². The van der Waals surface area contributed by atoms with Gasteiger partial charge < -0.3 is 9.31 Å². The Hall–Kier alpha value is -1.66. The number of hydrogen-bond donors (Lipinski definition) is 0. The first kappa shape index (κ1) is 15.7. The molecule has 0 bridgehead atoms. The Morgan fingerprint density at radius 2 is 1.62 bits per heavy atom. The molecule has 1 aromatic carbocycles. The maximum atomic E-state index is 10.7. The lowest BCUT2D eigenvalue weighted by Gasteiger charge is -2.32. The Bertz CT molecular complexity index is 562. The average Bonchev–Trinajstić information content (AvgIpc) is 2.57. The molecule has 21 heavy (non-hydrogen) atoms. The summed E-state index contributed by atoms with van der Waals surface area (Å²) in [6, 6.07) is 6.46. The van der Waals surface area contributed by atoms with Crippen LogP contribution < -0.4 is 0 Å². The molecule has 1 aliphatic rings. The molecule has 0 radical (unpaired) electrons. The minimum atomic E-state index is -0.412. The Balaban J connectivity index is 2.17. The van der Waals surface area contributed by atoms with Crippen molar-refractivity contribution in [2.75, 3.05) is 0 Å². The van der Waals surface area contributed by atoms with E-state index in [1.165, 1.54) is 12.1 Å². The van der Waals surface area contributed by atoms with Crippen molar-refractivity contribution in [1.29, 1.82) is 0 Å². The van der Waals surface area contributed by atoms with Gasteiger partial charge in [-0.1, -0.05) is 11.5 Å². The molecule has 0 aliphatic carbocycles. The summed E-state index contributed by atoms with van der Waals surface area (Å²) in [6.45, 7) is 9.94. The first-order valence-corrected chi connectivity index (χ1v) is 6.91. The summed E-state index contributed by atoms with van der Waals surface area (Å²) in [4.78, 5) is 10.2. The Morgan fingerprint density at radius 1 is 1.14 bits per heavy atom. The largest absolute Gasteiger partial charge is 0.487 e. The van der Waals surface area contributed by atoms with Gasteiger partial charge in [-0.3, -0.25) is 10.1 Å². The van der Waals surface area contributed by atoms with Gasteiger partial charge in [0.25, 0.3) is 5.69 Å². The van der Waals surface area contributed by atoms with Gasteiger partial charge in [0.05, 0.1) is 16.1 Å². The summed E-state index contributed by atoms with van der Waals surface area (Å²) in [5.74, 6) is 1.90. The van der Waals surface area contributed by atoms with E-state index >= 15 is 0 Å². The number of allylic oxidation sites excluding steroid dienone is 1. The summed E-state index contributed by atoms with van der Waals surface area (Å²) in [6.07, 6.45) is 0. The molecule has 1 aromatic rings. The van der Waals surface area contributed by atoms with Crippen LogP contribution in [0.2, 0.25) is 0 Å². The van der Waals surface area contributed by atoms with Crippen LogP contribution in [0, 0.1) is 10.1 Å². The highest BCUT2D eigenvalue weighted by atomic mass is 16.7. The summed E-state index contributed by atoms with van der Waals surface area (Å²) in [7, 11) is -0.412. The van der Waals surface area contributed by atoms with Crippen molar-refractivity contribution in [3.63, 3.8) is 0 Å². The SMILES string of the molecule is C/C(=C/B1OC(C)(C)C(C)(C)O1)c1ccc([N+](=O)[O-])cc1. The van der Waals surface area contributed by atoms with E-state index in [0.29, 0.717) is 0 Å². The predicted molar refractivity (Wildman–Crippen MR) is 82.8 cm³/mol. The smallest absolute Gasteiger partial charge is 0.400 e.